The molecular weight excluding hydrogens is 304 g/mol. The van der Waals surface area contributed by atoms with E-state index in [0.29, 0.717) is 16.5 Å². The summed E-state index contributed by atoms with van der Waals surface area (Å²) in [6.07, 6.45) is 0. The third-order valence-electron chi connectivity index (χ3n) is 3.19. The minimum absolute atomic E-state index is 0.0416. The number of hydrogen-bond donors (Lipinski definition) is 1. The number of para-hydroxylation sites is 2. The Labute approximate surface area is 132 Å². The molecule has 1 N–H and O–H groups in total. The number of benzene rings is 2. The molecule has 1 heterocycles. The fourth-order valence-electron chi connectivity index (χ4n) is 2.28. The Hall–Kier alpha value is -2.53. The van der Waals surface area contributed by atoms with Gasteiger partial charge in [-0.05, 0) is 30.3 Å². The molecule has 22 heavy (non-hydrogen) atoms. The van der Waals surface area contributed by atoms with Crippen LogP contribution in [0.4, 0.5) is 11.4 Å². The molecule has 0 saturated carbocycles. The van der Waals surface area contributed by atoms with Gasteiger partial charge in [-0.3, -0.25) is 4.79 Å². The van der Waals surface area contributed by atoms with E-state index in [1.54, 1.807) is 41.3 Å². The zero-order valence-electron chi connectivity index (χ0n) is 11.6. The van der Waals surface area contributed by atoms with Crippen molar-refractivity contribution in [3.05, 3.63) is 53.6 Å². The summed E-state index contributed by atoms with van der Waals surface area (Å²) in [5.41, 5.74) is 1.34. The van der Waals surface area contributed by atoms with Crippen LogP contribution in [0.1, 0.15) is 0 Å². The molecular formula is C16H13ClN2O3. The maximum Gasteiger partial charge on any atom is 0.331 e. The molecule has 0 radical (unpaired) electrons. The molecule has 0 unspecified atom stereocenters. The van der Waals surface area contributed by atoms with Gasteiger partial charge in [0.05, 0.1) is 12.2 Å². The van der Waals surface area contributed by atoms with Crippen LogP contribution in [0.15, 0.2) is 48.5 Å². The second-order valence-electron chi connectivity index (χ2n) is 4.86. The molecule has 0 aromatic heterocycles. The number of rotatable bonds is 3. The average molecular weight is 317 g/mol. The number of ether oxygens (including phenoxy) is 1. The quantitative estimate of drug-likeness (QED) is 0.698. The molecule has 0 bridgehead atoms. The van der Waals surface area contributed by atoms with Crippen molar-refractivity contribution in [2.75, 3.05) is 23.3 Å². The molecule has 112 valence electrons. The van der Waals surface area contributed by atoms with Gasteiger partial charge in [0.15, 0.2) is 5.75 Å². The van der Waals surface area contributed by atoms with Crippen LogP contribution in [-0.2, 0) is 9.59 Å². The third-order valence-corrected chi connectivity index (χ3v) is 3.43. The number of carbonyl (C=O) groups excluding carboxylic acids is 2. The van der Waals surface area contributed by atoms with Gasteiger partial charge in [0.1, 0.15) is 6.54 Å². The highest BCUT2D eigenvalue weighted by molar-refractivity contribution is 6.30. The number of nitrogens with zero attached hydrogens (tertiary/aromatic N) is 1. The molecule has 0 atom stereocenters. The molecule has 0 fully saturated rings. The normalized spacial score (nSPS) is 13.3. The Morgan fingerprint density at radius 1 is 1.23 bits per heavy atom. The molecule has 6 heteroatoms. The molecule has 1 aliphatic heterocycles. The van der Waals surface area contributed by atoms with Crippen molar-refractivity contribution in [1.82, 2.24) is 0 Å². The van der Waals surface area contributed by atoms with E-state index in [0.717, 1.165) is 5.69 Å². The SMILES string of the molecule is O=C(CN1CC(=O)Oc2ccccc21)Nc1cccc(Cl)c1. The molecule has 5 nitrogen and oxygen atoms in total. The van der Waals surface area contributed by atoms with Crippen molar-refractivity contribution < 1.29 is 14.3 Å². The van der Waals surface area contributed by atoms with E-state index in [-0.39, 0.29) is 25.0 Å². The predicted molar refractivity (Wildman–Crippen MR) is 84.4 cm³/mol. The highest BCUT2D eigenvalue weighted by atomic mass is 35.5. The topological polar surface area (TPSA) is 58.6 Å². The first kappa shape index (κ1) is 14.4. The fourth-order valence-corrected chi connectivity index (χ4v) is 2.47. The van der Waals surface area contributed by atoms with Crippen molar-refractivity contribution >= 4 is 34.9 Å². The van der Waals surface area contributed by atoms with Crippen LogP contribution in [0.5, 0.6) is 5.75 Å². The molecule has 0 spiro atoms. The predicted octanol–water partition coefficient (Wildman–Crippen LogP) is 2.70. The Balaban J connectivity index is 1.73. The van der Waals surface area contributed by atoms with Crippen LogP contribution in [0.3, 0.4) is 0 Å². The van der Waals surface area contributed by atoms with Crippen molar-refractivity contribution in [2.45, 2.75) is 0 Å². The summed E-state index contributed by atoms with van der Waals surface area (Å²) in [6, 6.07) is 14.0. The second-order valence-corrected chi connectivity index (χ2v) is 5.29. The van der Waals surface area contributed by atoms with Gasteiger partial charge in [-0.2, -0.15) is 0 Å². The largest absolute Gasteiger partial charge is 0.423 e. The number of anilines is 2. The molecule has 1 amide bonds. The Morgan fingerprint density at radius 3 is 2.86 bits per heavy atom. The maximum atomic E-state index is 12.2. The van der Waals surface area contributed by atoms with Crippen LogP contribution in [0.25, 0.3) is 0 Å². The number of esters is 1. The Morgan fingerprint density at radius 2 is 2.05 bits per heavy atom. The highest BCUT2D eigenvalue weighted by Gasteiger charge is 2.25. The number of carbonyl (C=O) groups is 2. The highest BCUT2D eigenvalue weighted by Crippen LogP contribution is 2.31. The van der Waals surface area contributed by atoms with Crippen LogP contribution in [0.2, 0.25) is 5.02 Å². The monoisotopic (exact) mass is 316 g/mol. The van der Waals surface area contributed by atoms with Crippen molar-refractivity contribution in [2.24, 2.45) is 0 Å². The summed E-state index contributed by atoms with van der Waals surface area (Å²) in [5, 5.41) is 3.30. The molecule has 2 aromatic carbocycles. The molecule has 2 aromatic rings. The van der Waals surface area contributed by atoms with E-state index in [1.807, 2.05) is 12.1 Å². The van der Waals surface area contributed by atoms with Crippen LogP contribution < -0.4 is 15.0 Å². The van der Waals surface area contributed by atoms with Gasteiger partial charge in [-0.25, -0.2) is 4.79 Å². The van der Waals surface area contributed by atoms with Gasteiger partial charge in [-0.15, -0.1) is 0 Å². The lowest BCUT2D eigenvalue weighted by atomic mass is 10.2. The lowest BCUT2D eigenvalue weighted by Gasteiger charge is -2.29. The van der Waals surface area contributed by atoms with E-state index < -0.39 is 0 Å². The lowest BCUT2D eigenvalue weighted by molar-refractivity contribution is -0.133. The van der Waals surface area contributed by atoms with E-state index in [2.05, 4.69) is 5.32 Å². The van der Waals surface area contributed by atoms with Gasteiger partial charge in [0.2, 0.25) is 5.91 Å². The number of halogens is 1. The van der Waals surface area contributed by atoms with Crippen LogP contribution >= 0.6 is 11.6 Å². The number of fused-ring (bicyclic) bond motifs is 1. The standard InChI is InChI=1S/C16H13ClN2O3/c17-11-4-3-5-12(8-11)18-15(20)9-19-10-16(21)22-14-7-2-1-6-13(14)19/h1-8H,9-10H2,(H,18,20). The van der Waals surface area contributed by atoms with Gasteiger partial charge in [0.25, 0.3) is 0 Å². The summed E-state index contributed by atoms with van der Waals surface area (Å²) in [7, 11) is 0. The first-order valence-electron chi connectivity index (χ1n) is 6.72. The fraction of sp³-hybridized carbons (Fsp3) is 0.125. The van der Waals surface area contributed by atoms with Gasteiger partial charge < -0.3 is 15.0 Å². The second kappa shape index (κ2) is 6.07. The minimum Gasteiger partial charge on any atom is -0.423 e. The van der Waals surface area contributed by atoms with Crippen molar-refractivity contribution in [3.8, 4) is 5.75 Å². The van der Waals surface area contributed by atoms with E-state index >= 15 is 0 Å². The first-order chi connectivity index (χ1) is 10.6. The first-order valence-corrected chi connectivity index (χ1v) is 7.10. The minimum atomic E-state index is -0.380. The molecule has 3 rings (SSSR count). The number of amides is 1. The Kier molecular flexibility index (Phi) is 3.98. The summed E-state index contributed by atoms with van der Waals surface area (Å²) in [6.45, 7) is 0.0958. The smallest absolute Gasteiger partial charge is 0.331 e. The van der Waals surface area contributed by atoms with Crippen molar-refractivity contribution in [3.63, 3.8) is 0 Å². The van der Waals surface area contributed by atoms with Crippen LogP contribution in [-0.4, -0.2) is 25.0 Å². The lowest BCUT2D eigenvalue weighted by Crippen LogP contribution is -2.41. The molecule has 0 aliphatic carbocycles. The average Bonchev–Trinajstić information content (AvgIpc) is 2.47. The van der Waals surface area contributed by atoms with Gasteiger partial charge in [0, 0.05) is 10.7 Å². The van der Waals surface area contributed by atoms with E-state index in [1.165, 1.54) is 0 Å². The van der Waals surface area contributed by atoms with E-state index in [9.17, 15) is 9.59 Å². The summed E-state index contributed by atoms with van der Waals surface area (Å²) in [5.74, 6) is -0.143. The number of nitrogens with one attached hydrogen (secondary N) is 1. The van der Waals surface area contributed by atoms with Gasteiger partial charge in [-0.1, -0.05) is 29.8 Å². The summed E-state index contributed by atoms with van der Waals surface area (Å²) < 4.78 is 5.15. The van der Waals surface area contributed by atoms with Crippen molar-refractivity contribution in [1.29, 1.82) is 0 Å². The summed E-state index contributed by atoms with van der Waals surface area (Å²) >= 11 is 5.88. The zero-order valence-corrected chi connectivity index (χ0v) is 12.3. The maximum absolute atomic E-state index is 12.2. The van der Waals surface area contributed by atoms with Crippen LogP contribution in [0, 0.1) is 0 Å². The van der Waals surface area contributed by atoms with Gasteiger partial charge >= 0.3 is 5.97 Å². The zero-order chi connectivity index (χ0) is 15.5. The summed E-state index contributed by atoms with van der Waals surface area (Å²) in [4.78, 5) is 25.4. The molecule has 0 saturated heterocycles. The van der Waals surface area contributed by atoms with E-state index in [4.69, 9.17) is 16.3 Å². The third kappa shape index (κ3) is 3.20. The number of hydrogen-bond acceptors (Lipinski definition) is 4. The Bertz CT molecular complexity index is 733. The molecule has 1 aliphatic rings.